The number of carbonyl (C=O) groups excluding carboxylic acids is 1. The van der Waals surface area contributed by atoms with Gasteiger partial charge in [0.05, 0.1) is 6.42 Å². The molecule has 112 valence electrons. The Hall–Kier alpha value is -1.26. The minimum Gasteiger partial charge on any atom is -0.481 e. The second kappa shape index (κ2) is 7.36. The van der Waals surface area contributed by atoms with Crippen molar-refractivity contribution in [2.75, 3.05) is 7.05 Å². The third kappa shape index (κ3) is 7.70. The molecular formula is C14H28N2O3. The third-order valence-electron chi connectivity index (χ3n) is 3.18. The van der Waals surface area contributed by atoms with Crippen LogP contribution < -0.4 is 5.32 Å². The highest BCUT2D eigenvalue weighted by molar-refractivity contribution is 5.76. The number of nitrogens with zero attached hydrogens (tertiary/aromatic N) is 1. The van der Waals surface area contributed by atoms with Crippen LogP contribution in [-0.4, -0.2) is 41.1 Å². The number of hydrogen-bond acceptors (Lipinski definition) is 2. The van der Waals surface area contributed by atoms with Crippen molar-refractivity contribution in [3.63, 3.8) is 0 Å². The van der Waals surface area contributed by atoms with Crippen LogP contribution in [0.25, 0.3) is 0 Å². The van der Waals surface area contributed by atoms with Gasteiger partial charge in [-0.1, -0.05) is 27.7 Å². The maximum Gasteiger partial charge on any atom is 0.317 e. The predicted molar refractivity (Wildman–Crippen MR) is 76.2 cm³/mol. The first-order chi connectivity index (χ1) is 8.56. The summed E-state index contributed by atoms with van der Waals surface area (Å²) in [4.78, 5) is 24.5. The summed E-state index contributed by atoms with van der Waals surface area (Å²) < 4.78 is 0. The van der Waals surface area contributed by atoms with E-state index in [0.717, 1.165) is 6.42 Å². The summed E-state index contributed by atoms with van der Waals surface area (Å²) in [6, 6.07) is -0.401. The van der Waals surface area contributed by atoms with E-state index >= 15 is 0 Å². The molecule has 0 radical (unpaired) electrons. The smallest absolute Gasteiger partial charge is 0.317 e. The van der Waals surface area contributed by atoms with Crippen molar-refractivity contribution in [3.8, 4) is 0 Å². The van der Waals surface area contributed by atoms with Gasteiger partial charge in [-0.3, -0.25) is 4.79 Å². The Balaban J connectivity index is 4.63. The summed E-state index contributed by atoms with van der Waals surface area (Å²) in [6.07, 6.45) is 1.46. The molecule has 0 aromatic rings. The Morgan fingerprint density at radius 2 is 1.84 bits per heavy atom. The standard InChI is InChI=1S/C14H28N2O3/c1-7-10(2)16(6)13(19)15-11(8-12(17)18)9-14(3,4)5/h10-11H,7-9H2,1-6H3,(H,15,19)(H,17,18). The zero-order valence-corrected chi connectivity index (χ0v) is 13.0. The molecule has 0 saturated carbocycles. The molecule has 5 nitrogen and oxygen atoms in total. The molecule has 0 aliphatic rings. The van der Waals surface area contributed by atoms with Crippen LogP contribution in [0.4, 0.5) is 4.79 Å². The fourth-order valence-electron chi connectivity index (χ4n) is 1.87. The van der Waals surface area contributed by atoms with Gasteiger partial charge in [-0.2, -0.15) is 0 Å². The summed E-state index contributed by atoms with van der Waals surface area (Å²) in [5.41, 5.74) is -0.0255. The number of rotatable bonds is 6. The number of carboxylic acids is 1. The van der Waals surface area contributed by atoms with E-state index in [0.29, 0.717) is 6.42 Å². The summed E-state index contributed by atoms with van der Waals surface area (Å²) in [7, 11) is 1.73. The number of carbonyl (C=O) groups is 2. The van der Waals surface area contributed by atoms with Crippen molar-refractivity contribution in [1.82, 2.24) is 10.2 Å². The maximum atomic E-state index is 12.0. The van der Waals surface area contributed by atoms with E-state index in [1.54, 1.807) is 11.9 Å². The average molecular weight is 272 g/mol. The highest BCUT2D eigenvalue weighted by Crippen LogP contribution is 2.22. The topological polar surface area (TPSA) is 69.6 Å². The second-order valence-corrected chi connectivity index (χ2v) is 6.38. The summed E-state index contributed by atoms with van der Waals surface area (Å²) >= 11 is 0. The Morgan fingerprint density at radius 1 is 1.32 bits per heavy atom. The van der Waals surface area contributed by atoms with Gasteiger partial charge >= 0.3 is 12.0 Å². The molecule has 0 fully saturated rings. The molecule has 0 spiro atoms. The first-order valence-corrected chi connectivity index (χ1v) is 6.82. The van der Waals surface area contributed by atoms with Crippen LogP contribution in [0.1, 0.15) is 53.9 Å². The van der Waals surface area contributed by atoms with E-state index in [4.69, 9.17) is 5.11 Å². The van der Waals surface area contributed by atoms with Crippen molar-refractivity contribution in [3.05, 3.63) is 0 Å². The van der Waals surface area contributed by atoms with Crippen LogP contribution in [-0.2, 0) is 4.79 Å². The molecule has 2 amide bonds. The van der Waals surface area contributed by atoms with E-state index in [9.17, 15) is 9.59 Å². The van der Waals surface area contributed by atoms with Crippen molar-refractivity contribution < 1.29 is 14.7 Å². The van der Waals surface area contributed by atoms with E-state index in [2.05, 4.69) is 5.32 Å². The van der Waals surface area contributed by atoms with Crippen LogP contribution in [0.2, 0.25) is 0 Å². The van der Waals surface area contributed by atoms with Crippen LogP contribution in [0, 0.1) is 5.41 Å². The minimum absolute atomic E-state index is 0.0255. The molecule has 0 aliphatic carbocycles. The molecule has 2 unspecified atom stereocenters. The number of hydrogen-bond donors (Lipinski definition) is 2. The SMILES string of the molecule is CCC(C)N(C)C(=O)NC(CC(=O)O)CC(C)(C)C. The van der Waals surface area contributed by atoms with E-state index in [1.165, 1.54) is 0 Å². The van der Waals surface area contributed by atoms with Gasteiger partial charge in [-0.05, 0) is 25.2 Å². The summed E-state index contributed by atoms with van der Waals surface area (Å²) in [5.74, 6) is -0.888. The first-order valence-electron chi connectivity index (χ1n) is 6.82. The van der Waals surface area contributed by atoms with Gasteiger partial charge in [0, 0.05) is 19.1 Å². The van der Waals surface area contributed by atoms with Crippen molar-refractivity contribution in [1.29, 1.82) is 0 Å². The number of nitrogens with one attached hydrogen (secondary N) is 1. The molecule has 2 N–H and O–H groups in total. The van der Waals surface area contributed by atoms with Crippen LogP contribution >= 0.6 is 0 Å². The van der Waals surface area contributed by atoms with Gasteiger partial charge in [-0.25, -0.2) is 4.79 Å². The molecule has 0 aromatic carbocycles. The second-order valence-electron chi connectivity index (χ2n) is 6.38. The lowest BCUT2D eigenvalue weighted by Gasteiger charge is -2.30. The highest BCUT2D eigenvalue weighted by Gasteiger charge is 2.24. The Morgan fingerprint density at radius 3 is 2.21 bits per heavy atom. The molecule has 0 aromatic heterocycles. The highest BCUT2D eigenvalue weighted by atomic mass is 16.4. The Bertz CT molecular complexity index is 310. The van der Waals surface area contributed by atoms with Crippen molar-refractivity contribution in [2.45, 2.75) is 66.0 Å². The van der Waals surface area contributed by atoms with Gasteiger partial charge in [0.2, 0.25) is 0 Å². The van der Waals surface area contributed by atoms with Crippen LogP contribution in [0.5, 0.6) is 0 Å². The number of aliphatic carboxylic acids is 1. The molecule has 19 heavy (non-hydrogen) atoms. The molecule has 0 bridgehead atoms. The fraction of sp³-hybridized carbons (Fsp3) is 0.857. The molecule has 0 heterocycles. The van der Waals surface area contributed by atoms with Crippen molar-refractivity contribution in [2.24, 2.45) is 5.41 Å². The zero-order valence-electron chi connectivity index (χ0n) is 13.0. The maximum absolute atomic E-state index is 12.0. The molecule has 0 saturated heterocycles. The normalized spacial score (nSPS) is 14.6. The molecule has 0 rings (SSSR count). The predicted octanol–water partition coefficient (Wildman–Crippen LogP) is 2.71. The molecule has 0 aliphatic heterocycles. The van der Waals surface area contributed by atoms with Crippen molar-refractivity contribution >= 4 is 12.0 Å². The zero-order chi connectivity index (χ0) is 15.2. The summed E-state index contributed by atoms with van der Waals surface area (Å²) in [5, 5.41) is 11.7. The Kier molecular flexibility index (Phi) is 6.87. The quantitative estimate of drug-likeness (QED) is 0.781. The summed E-state index contributed by atoms with van der Waals surface area (Å²) in [6.45, 7) is 10.1. The molecular weight excluding hydrogens is 244 g/mol. The largest absolute Gasteiger partial charge is 0.481 e. The molecule has 5 heteroatoms. The van der Waals surface area contributed by atoms with Crippen LogP contribution in [0.3, 0.4) is 0 Å². The third-order valence-corrected chi connectivity index (χ3v) is 3.18. The van der Waals surface area contributed by atoms with Gasteiger partial charge in [0.15, 0.2) is 0 Å². The van der Waals surface area contributed by atoms with Gasteiger partial charge in [-0.15, -0.1) is 0 Å². The Labute approximate surface area is 116 Å². The lowest BCUT2D eigenvalue weighted by Crippen LogP contribution is -2.47. The van der Waals surface area contributed by atoms with Gasteiger partial charge < -0.3 is 15.3 Å². The van der Waals surface area contributed by atoms with E-state index in [1.807, 2.05) is 34.6 Å². The number of carboxylic acid groups (broad SMARTS) is 1. The van der Waals surface area contributed by atoms with Gasteiger partial charge in [0.1, 0.15) is 0 Å². The number of urea groups is 1. The molecule has 2 atom stereocenters. The van der Waals surface area contributed by atoms with E-state index < -0.39 is 5.97 Å². The number of amides is 2. The lowest BCUT2D eigenvalue weighted by atomic mass is 9.87. The lowest BCUT2D eigenvalue weighted by molar-refractivity contribution is -0.137. The minimum atomic E-state index is -0.888. The first kappa shape index (κ1) is 17.7. The fourth-order valence-corrected chi connectivity index (χ4v) is 1.87. The average Bonchev–Trinajstić information content (AvgIpc) is 2.23. The van der Waals surface area contributed by atoms with E-state index in [-0.39, 0.29) is 30.0 Å². The monoisotopic (exact) mass is 272 g/mol. The van der Waals surface area contributed by atoms with Gasteiger partial charge in [0.25, 0.3) is 0 Å². The van der Waals surface area contributed by atoms with Crippen LogP contribution in [0.15, 0.2) is 0 Å².